The molecule has 1 atom stereocenters. The SMILES string of the molecule is CCC(=O)C(C)Cc1sccc1Br. The summed E-state index contributed by atoms with van der Waals surface area (Å²) in [5, 5.41) is 2.04. The second-order valence-electron chi connectivity index (χ2n) is 3.12. The predicted octanol–water partition coefficient (Wildman–Crippen LogP) is 3.67. The van der Waals surface area contributed by atoms with Crippen LogP contribution in [0.15, 0.2) is 15.9 Å². The molecule has 1 aromatic rings. The zero-order valence-electron chi connectivity index (χ0n) is 7.84. The number of Topliss-reactive ketones (excluding diaryl/α,β-unsaturated/α-hetero) is 1. The van der Waals surface area contributed by atoms with Crippen LogP contribution in [0.25, 0.3) is 0 Å². The molecule has 0 amide bonds. The molecule has 0 aliphatic carbocycles. The second kappa shape index (κ2) is 4.91. The van der Waals surface area contributed by atoms with Gasteiger partial charge < -0.3 is 0 Å². The van der Waals surface area contributed by atoms with Gasteiger partial charge in [0.2, 0.25) is 0 Å². The summed E-state index contributed by atoms with van der Waals surface area (Å²) in [4.78, 5) is 12.6. The van der Waals surface area contributed by atoms with Crippen molar-refractivity contribution in [3.05, 3.63) is 20.8 Å². The summed E-state index contributed by atoms with van der Waals surface area (Å²) in [5.41, 5.74) is 0. The Labute approximate surface area is 91.3 Å². The number of hydrogen-bond acceptors (Lipinski definition) is 2. The summed E-state index contributed by atoms with van der Waals surface area (Å²) >= 11 is 5.17. The quantitative estimate of drug-likeness (QED) is 0.808. The van der Waals surface area contributed by atoms with E-state index in [4.69, 9.17) is 0 Å². The molecule has 0 aliphatic rings. The monoisotopic (exact) mass is 260 g/mol. The van der Waals surface area contributed by atoms with E-state index in [1.54, 1.807) is 11.3 Å². The first kappa shape index (κ1) is 10.9. The van der Waals surface area contributed by atoms with E-state index >= 15 is 0 Å². The lowest BCUT2D eigenvalue weighted by Gasteiger charge is -2.07. The first-order valence-electron chi connectivity index (χ1n) is 4.39. The van der Waals surface area contributed by atoms with E-state index in [1.807, 2.05) is 25.3 Å². The molecule has 0 fully saturated rings. The third-order valence-corrected chi connectivity index (χ3v) is 4.03. The maximum absolute atomic E-state index is 11.3. The Morgan fingerprint density at radius 1 is 1.69 bits per heavy atom. The summed E-state index contributed by atoms with van der Waals surface area (Å²) < 4.78 is 1.13. The van der Waals surface area contributed by atoms with Gasteiger partial charge in [-0.3, -0.25) is 4.79 Å². The van der Waals surface area contributed by atoms with Crippen molar-refractivity contribution in [2.75, 3.05) is 0 Å². The first-order chi connectivity index (χ1) is 6.15. The number of rotatable bonds is 4. The van der Waals surface area contributed by atoms with E-state index in [9.17, 15) is 4.79 Å². The molecule has 0 bridgehead atoms. The molecule has 1 nitrogen and oxygen atoms in total. The van der Waals surface area contributed by atoms with Gasteiger partial charge in [0.05, 0.1) is 0 Å². The molecule has 0 aromatic carbocycles. The third-order valence-electron chi connectivity index (χ3n) is 2.08. The molecule has 1 rings (SSSR count). The highest BCUT2D eigenvalue weighted by Gasteiger charge is 2.13. The van der Waals surface area contributed by atoms with Gasteiger partial charge >= 0.3 is 0 Å². The average Bonchev–Trinajstić information content (AvgIpc) is 2.50. The van der Waals surface area contributed by atoms with Crippen LogP contribution in [0, 0.1) is 5.92 Å². The van der Waals surface area contributed by atoms with Crippen LogP contribution in [-0.4, -0.2) is 5.78 Å². The minimum Gasteiger partial charge on any atom is -0.299 e. The highest BCUT2D eigenvalue weighted by atomic mass is 79.9. The second-order valence-corrected chi connectivity index (χ2v) is 4.97. The number of ketones is 1. The van der Waals surface area contributed by atoms with E-state index < -0.39 is 0 Å². The van der Waals surface area contributed by atoms with E-state index in [1.165, 1.54) is 4.88 Å². The fraction of sp³-hybridized carbons (Fsp3) is 0.500. The molecule has 0 aliphatic heterocycles. The van der Waals surface area contributed by atoms with E-state index in [-0.39, 0.29) is 5.92 Å². The summed E-state index contributed by atoms with van der Waals surface area (Å²) in [6, 6.07) is 2.03. The topological polar surface area (TPSA) is 17.1 Å². The molecule has 1 unspecified atom stereocenters. The van der Waals surface area contributed by atoms with Crippen LogP contribution in [0.4, 0.5) is 0 Å². The first-order valence-corrected chi connectivity index (χ1v) is 6.07. The molecular weight excluding hydrogens is 248 g/mol. The van der Waals surface area contributed by atoms with Crippen molar-refractivity contribution in [3.63, 3.8) is 0 Å². The standard InChI is InChI=1S/C10H13BrOS/c1-3-9(12)7(2)6-10-8(11)4-5-13-10/h4-5,7H,3,6H2,1-2H3. The highest BCUT2D eigenvalue weighted by Crippen LogP contribution is 2.25. The number of thiophene rings is 1. The molecule has 0 radical (unpaired) electrons. The van der Waals surface area contributed by atoms with Gasteiger partial charge in [-0.15, -0.1) is 11.3 Å². The van der Waals surface area contributed by atoms with Crippen LogP contribution < -0.4 is 0 Å². The molecule has 0 saturated heterocycles. The van der Waals surface area contributed by atoms with Gasteiger partial charge in [-0.2, -0.15) is 0 Å². The maximum Gasteiger partial charge on any atom is 0.135 e. The Bertz CT molecular complexity index is 293. The van der Waals surface area contributed by atoms with Crippen molar-refractivity contribution < 1.29 is 4.79 Å². The smallest absolute Gasteiger partial charge is 0.135 e. The Morgan fingerprint density at radius 2 is 2.38 bits per heavy atom. The summed E-state index contributed by atoms with van der Waals surface area (Å²) in [6.45, 7) is 3.92. The Kier molecular flexibility index (Phi) is 4.13. The third kappa shape index (κ3) is 2.92. The Hall–Kier alpha value is -0.150. The van der Waals surface area contributed by atoms with Crippen molar-refractivity contribution in [2.24, 2.45) is 5.92 Å². The molecule has 0 saturated carbocycles. The van der Waals surface area contributed by atoms with Crippen LogP contribution >= 0.6 is 27.3 Å². The van der Waals surface area contributed by atoms with E-state index in [0.29, 0.717) is 12.2 Å². The minimum absolute atomic E-state index is 0.153. The number of halogens is 1. The number of carbonyl (C=O) groups is 1. The highest BCUT2D eigenvalue weighted by molar-refractivity contribution is 9.10. The van der Waals surface area contributed by atoms with Crippen LogP contribution in [0.5, 0.6) is 0 Å². The molecular formula is C10H13BrOS. The molecule has 0 N–H and O–H groups in total. The number of carbonyl (C=O) groups excluding carboxylic acids is 1. The summed E-state index contributed by atoms with van der Waals surface area (Å²) in [5.74, 6) is 0.500. The van der Waals surface area contributed by atoms with Gasteiger partial charge in [-0.05, 0) is 33.8 Å². The van der Waals surface area contributed by atoms with Gasteiger partial charge in [0.15, 0.2) is 0 Å². The molecule has 0 spiro atoms. The van der Waals surface area contributed by atoms with Crippen LogP contribution in [0.1, 0.15) is 25.1 Å². The summed E-state index contributed by atoms with van der Waals surface area (Å²) in [7, 11) is 0. The lowest BCUT2D eigenvalue weighted by atomic mass is 10.00. The Morgan fingerprint density at radius 3 is 2.85 bits per heavy atom. The molecule has 72 valence electrons. The average molecular weight is 261 g/mol. The van der Waals surface area contributed by atoms with E-state index in [2.05, 4.69) is 15.9 Å². The van der Waals surface area contributed by atoms with Gasteiger partial charge in [-0.25, -0.2) is 0 Å². The van der Waals surface area contributed by atoms with E-state index in [0.717, 1.165) is 10.9 Å². The van der Waals surface area contributed by atoms with Gasteiger partial charge in [0.1, 0.15) is 5.78 Å². The van der Waals surface area contributed by atoms with Crippen molar-refractivity contribution in [3.8, 4) is 0 Å². The van der Waals surface area contributed by atoms with Gasteiger partial charge in [-0.1, -0.05) is 13.8 Å². The lowest BCUT2D eigenvalue weighted by molar-refractivity contribution is -0.122. The Balaban J connectivity index is 2.59. The fourth-order valence-corrected chi connectivity index (χ4v) is 2.86. The fourth-order valence-electron chi connectivity index (χ4n) is 1.21. The molecule has 3 heteroatoms. The van der Waals surface area contributed by atoms with Crippen molar-refractivity contribution in [1.82, 2.24) is 0 Å². The number of hydrogen-bond donors (Lipinski definition) is 0. The lowest BCUT2D eigenvalue weighted by Crippen LogP contribution is -2.11. The van der Waals surface area contributed by atoms with Gasteiger partial charge in [0, 0.05) is 21.7 Å². The molecule has 13 heavy (non-hydrogen) atoms. The maximum atomic E-state index is 11.3. The van der Waals surface area contributed by atoms with Crippen molar-refractivity contribution >= 4 is 33.0 Å². The minimum atomic E-state index is 0.153. The zero-order valence-corrected chi connectivity index (χ0v) is 10.2. The van der Waals surface area contributed by atoms with Crippen LogP contribution in [0.3, 0.4) is 0 Å². The van der Waals surface area contributed by atoms with Crippen molar-refractivity contribution in [1.29, 1.82) is 0 Å². The molecule has 1 heterocycles. The summed E-state index contributed by atoms with van der Waals surface area (Å²) in [6.07, 6.45) is 1.51. The zero-order chi connectivity index (χ0) is 9.84. The van der Waals surface area contributed by atoms with Gasteiger partial charge in [0.25, 0.3) is 0 Å². The predicted molar refractivity (Wildman–Crippen MR) is 60.2 cm³/mol. The normalized spacial score (nSPS) is 12.8. The largest absolute Gasteiger partial charge is 0.299 e. The van der Waals surface area contributed by atoms with Crippen molar-refractivity contribution in [2.45, 2.75) is 26.7 Å². The van der Waals surface area contributed by atoms with Crippen LogP contribution in [-0.2, 0) is 11.2 Å². The van der Waals surface area contributed by atoms with Crippen LogP contribution in [0.2, 0.25) is 0 Å². The molecule has 1 aromatic heterocycles.